The van der Waals surface area contributed by atoms with E-state index in [1.807, 2.05) is 0 Å². The van der Waals surface area contributed by atoms with Crippen LogP contribution in [0.25, 0.3) is 0 Å². The molecule has 6 heteroatoms. The molecule has 0 bridgehead atoms. The smallest absolute Gasteiger partial charge is 0.259 e. The second kappa shape index (κ2) is 5.36. The van der Waals surface area contributed by atoms with Crippen molar-refractivity contribution in [1.82, 2.24) is 0 Å². The first-order valence-corrected chi connectivity index (χ1v) is 6.02. The molecule has 2 rings (SSSR count). The van der Waals surface area contributed by atoms with Crippen LogP contribution in [0.5, 0.6) is 5.75 Å². The van der Waals surface area contributed by atoms with Crippen LogP contribution >= 0.6 is 15.9 Å². The number of phenols is 1. The van der Waals surface area contributed by atoms with Crippen LogP contribution in [0.15, 0.2) is 40.9 Å². The highest BCUT2D eigenvalue weighted by Crippen LogP contribution is 2.24. The van der Waals surface area contributed by atoms with Crippen LogP contribution in [0.1, 0.15) is 10.4 Å². The second-order valence-corrected chi connectivity index (χ2v) is 4.57. The topological polar surface area (TPSA) is 49.3 Å². The maximum Gasteiger partial charge on any atom is 0.259 e. The average Bonchev–Trinajstić information content (AvgIpc) is 2.36. The van der Waals surface area contributed by atoms with Crippen molar-refractivity contribution in [3.8, 4) is 5.75 Å². The summed E-state index contributed by atoms with van der Waals surface area (Å²) in [6.07, 6.45) is 0. The highest BCUT2D eigenvalue weighted by Gasteiger charge is 2.14. The lowest BCUT2D eigenvalue weighted by molar-refractivity contribution is 0.102. The summed E-state index contributed by atoms with van der Waals surface area (Å²) in [5.41, 5.74) is -0.320. The number of carbonyl (C=O) groups is 1. The number of rotatable bonds is 2. The van der Waals surface area contributed by atoms with E-state index in [-0.39, 0.29) is 21.5 Å². The third-order valence-electron chi connectivity index (χ3n) is 2.41. The summed E-state index contributed by atoms with van der Waals surface area (Å²) < 4.78 is 26.8. The fraction of sp³-hybridized carbons (Fsp3) is 0. The Kier molecular flexibility index (Phi) is 3.80. The van der Waals surface area contributed by atoms with Gasteiger partial charge < -0.3 is 10.4 Å². The van der Waals surface area contributed by atoms with Crippen molar-refractivity contribution in [3.05, 3.63) is 58.1 Å². The molecule has 0 unspecified atom stereocenters. The van der Waals surface area contributed by atoms with Crippen LogP contribution in [0, 0.1) is 11.6 Å². The maximum atomic E-state index is 13.5. The highest BCUT2D eigenvalue weighted by molar-refractivity contribution is 9.10. The van der Waals surface area contributed by atoms with Gasteiger partial charge in [-0.3, -0.25) is 4.79 Å². The van der Waals surface area contributed by atoms with Gasteiger partial charge in [0.05, 0.1) is 15.7 Å². The Morgan fingerprint density at radius 2 is 1.84 bits per heavy atom. The Labute approximate surface area is 116 Å². The van der Waals surface area contributed by atoms with E-state index in [1.54, 1.807) is 12.1 Å². The van der Waals surface area contributed by atoms with E-state index < -0.39 is 17.5 Å². The first-order valence-electron chi connectivity index (χ1n) is 5.23. The molecule has 19 heavy (non-hydrogen) atoms. The molecule has 0 radical (unpaired) electrons. The van der Waals surface area contributed by atoms with Crippen molar-refractivity contribution in [2.45, 2.75) is 0 Å². The minimum absolute atomic E-state index is 0.0229. The van der Waals surface area contributed by atoms with E-state index in [1.165, 1.54) is 12.1 Å². The first kappa shape index (κ1) is 13.5. The zero-order chi connectivity index (χ0) is 14.0. The molecule has 0 saturated carbocycles. The molecule has 1 amide bonds. The summed E-state index contributed by atoms with van der Waals surface area (Å²) in [7, 11) is 0. The largest absolute Gasteiger partial charge is 0.507 e. The van der Waals surface area contributed by atoms with Crippen molar-refractivity contribution >= 4 is 27.5 Å². The number of aromatic hydroxyl groups is 1. The molecule has 0 aromatic heterocycles. The number of halogens is 3. The number of amides is 1. The molecule has 0 spiro atoms. The van der Waals surface area contributed by atoms with Crippen molar-refractivity contribution in [2.24, 2.45) is 0 Å². The molecule has 0 atom stereocenters. The van der Waals surface area contributed by atoms with Gasteiger partial charge in [0.25, 0.3) is 5.91 Å². The van der Waals surface area contributed by atoms with Crippen molar-refractivity contribution in [3.63, 3.8) is 0 Å². The van der Waals surface area contributed by atoms with Crippen molar-refractivity contribution < 1.29 is 18.7 Å². The van der Waals surface area contributed by atoms with Crippen LogP contribution in [0.2, 0.25) is 0 Å². The van der Waals surface area contributed by atoms with E-state index in [2.05, 4.69) is 21.2 Å². The van der Waals surface area contributed by atoms with E-state index in [0.717, 1.165) is 12.1 Å². The Bertz CT molecular complexity index is 647. The fourth-order valence-corrected chi connectivity index (χ4v) is 1.79. The minimum atomic E-state index is -0.781. The number of nitrogens with one attached hydrogen (secondary N) is 1. The van der Waals surface area contributed by atoms with Crippen LogP contribution < -0.4 is 5.32 Å². The zero-order valence-corrected chi connectivity index (χ0v) is 11.0. The molecule has 98 valence electrons. The number of hydrogen-bond acceptors (Lipinski definition) is 2. The molecule has 0 aliphatic rings. The fourth-order valence-electron chi connectivity index (χ4n) is 1.47. The predicted octanol–water partition coefficient (Wildman–Crippen LogP) is 3.69. The van der Waals surface area contributed by atoms with Gasteiger partial charge in [0, 0.05) is 6.07 Å². The lowest BCUT2D eigenvalue weighted by Gasteiger charge is -2.08. The van der Waals surface area contributed by atoms with E-state index in [9.17, 15) is 18.7 Å². The van der Waals surface area contributed by atoms with Gasteiger partial charge in [-0.1, -0.05) is 12.1 Å². The van der Waals surface area contributed by atoms with Crippen LogP contribution in [0.4, 0.5) is 14.5 Å². The molecular weight excluding hydrogens is 320 g/mol. The quantitative estimate of drug-likeness (QED) is 0.826. The number of anilines is 1. The van der Waals surface area contributed by atoms with Crippen LogP contribution in [0.3, 0.4) is 0 Å². The standard InChI is InChI=1S/C13H8BrF2NO2/c14-8-5-10(16)11(6-9(8)15)17-13(19)7-3-1-2-4-12(7)18/h1-6,18H,(H,17,19). The number of benzene rings is 2. The van der Waals surface area contributed by atoms with Gasteiger partial charge in [0.1, 0.15) is 17.4 Å². The van der Waals surface area contributed by atoms with E-state index in [4.69, 9.17) is 0 Å². The third kappa shape index (κ3) is 2.90. The zero-order valence-electron chi connectivity index (χ0n) is 9.45. The Morgan fingerprint density at radius 3 is 2.53 bits per heavy atom. The molecule has 0 aliphatic carbocycles. The number of hydrogen-bond donors (Lipinski definition) is 2. The average molecular weight is 328 g/mol. The normalized spacial score (nSPS) is 10.3. The summed E-state index contributed by atoms with van der Waals surface area (Å²) in [6.45, 7) is 0. The molecule has 0 heterocycles. The molecule has 2 aromatic rings. The van der Waals surface area contributed by atoms with Crippen LogP contribution in [-0.4, -0.2) is 11.0 Å². The van der Waals surface area contributed by atoms with Gasteiger partial charge in [-0.05, 0) is 34.1 Å². The lowest BCUT2D eigenvalue weighted by atomic mass is 10.2. The molecule has 3 nitrogen and oxygen atoms in total. The van der Waals surface area contributed by atoms with Gasteiger partial charge in [-0.2, -0.15) is 0 Å². The summed E-state index contributed by atoms with van der Waals surface area (Å²) in [6, 6.07) is 7.57. The molecule has 2 N–H and O–H groups in total. The molecule has 2 aromatic carbocycles. The molecule has 0 aliphatic heterocycles. The Morgan fingerprint density at radius 1 is 1.16 bits per heavy atom. The van der Waals surface area contributed by atoms with E-state index >= 15 is 0 Å². The minimum Gasteiger partial charge on any atom is -0.507 e. The SMILES string of the molecule is O=C(Nc1cc(F)c(Br)cc1F)c1ccccc1O. The van der Waals surface area contributed by atoms with Gasteiger partial charge in [-0.15, -0.1) is 0 Å². The molecular formula is C13H8BrF2NO2. The maximum absolute atomic E-state index is 13.5. The summed E-state index contributed by atoms with van der Waals surface area (Å²) in [4.78, 5) is 11.8. The van der Waals surface area contributed by atoms with E-state index in [0.29, 0.717) is 0 Å². The number of para-hydroxylation sites is 1. The monoisotopic (exact) mass is 327 g/mol. The van der Waals surface area contributed by atoms with Crippen molar-refractivity contribution in [1.29, 1.82) is 0 Å². The summed E-state index contributed by atoms with van der Waals surface area (Å²) >= 11 is 2.84. The van der Waals surface area contributed by atoms with Crippen molar-refractivity contribution in [2.75, 3.05) is 5.32 Å². The van der Waals surface area contributed by atoms with Gasteiger partial charge in [-0.25, -0.2) is 8.78 Å². The Balaban J connectivity index is 2.30. The van der Waals surface area contributed by atoms with Gasteiger partial charge >= 0.3 is 0 Å². The summed E-state index contributed by atoms with van der Waals surface area (Å²) in [5, 5.41) is 11.7. The molecule has 0 fully saturated rings. The van der Waals surface area contributed by atoms with Gasteiger partial charge in [0.2, 0.25) is 0 Å². The molecule has 0 saturated heterocycles. The predicted molar refractivity (Wildman–Crippen MR) is 70.1 cm³/mol. The number of phenolic OH excluding ortho intramolecular Hbond substituents is 1. The van der Waals surface area contributed by atoms with Gasteiger partial charge in [0.15, 0.2) is 0 Å². The summed E-state index contributed by atoms with van der Waals surface area (Å²) in [5.74, 6) is -2.44. The second-order valence-electron chi connectivity index (χ2n) is 3.72. The first-order chi connectivity index (χ1) is 8.99. The highest BCUT2D eigenvalue weighted by atomic mass is 79.9. The lowest BCUT2D eigenvalue weighted by Crippen LogP contribution is -2.13. The Hall–Kier alpha value is -1.95. The van der Waals surface area contributed by atoms with Crippen LogP contribution in [-0.2, 0) is 0 Å². The number of carbonyl (C=O) groups excluding carboxylic acids is 1. The third-order valence-corrected chi connectivity index (χ3v) is 3.01.